The van der Waals surface area contributed by atoms with E-state index in [9.17, 15) is 9.59 Å². The first-order valence-corrected chi connectivity index (χ1v) is 9.46. The summed E-state index contributed by atoms with van der Waals surface area (Å²) in [5.74, 6) is 1.05. The van der Waals surface area contributed by atoms with E-state index in [0.29, 0.717) is 11.3 Å². The maximum atomic E-state index is 12.7. The van der Waals surface area contributed by atoms with Gasteiger partial charge in [0.05, 0.1) is 0 Å². The van der Waals surface area contributed by atoms with Crippen molar-refractivity contribution in [2.24, 2.45) is 0 Å². The van der Waals surface area contributed by atoms with Gasteiger partial charge in [0.25, 0.3) is 5.91 Å². The normalized spacial score (nSPS) is 15.0. The van der Waals surface area contributed by atoms with Crippen LogP contribution < -0.4 is 5.32 Å². The summed E-state index contributed by atoms with van der Waals surface area (Å²) >= 11 is 0. The second-order valence-electron chi connectivity index (χ2n) is 6.78. The zero-order valence-corrected chi connectivity index (χ0v) is 16.0. The Labute approximate surface area is 160 Å². The Balaban J connectivity index is 1.48. The predicted molar refractivity (Wildman–Crippen MR) is 105 cm³/mol. The number of amides is 2. The van der Waals surface area contributed by atoms with E-state index in [1.807, 2.05) is 17.3 Å². The lowest BCUT2D eigenvalue weighted by atomic mass is 10.1. The molecule has 1 saturated heterocycles. The quantitative estimate of drug-likeness (QED) is 0.844. The first-order valence-electron chi connectivity index (χ1n) is 9.46. The summed E-state index contributed by atoms with van der Waals surface area (Å²) in [5.41, 5.74) is 1.36. The number of carbonyl (C=O) groups excluding carboxylic acids is 2. The standard InChI is InChI=1S/C20H27N5O2/c1-3-19-21-8-9-24(19)13-10-23-11-14-25(15-12-23)20(27)17-4-6-18(7-5-17)22-16(2)26/h4-9H,3,10-15H2,1-2H3,(H,22,26). The molecule has 3 rings (SSSR count). The minimum absolute atomic E-state index is 0.0481. The molecular weight excluding hydrogens is 342 g/mol. The molecule has 7 nitrogen and oxygen atoms in total. The monoisotopic (exact) mass is 369 g/mol. The molecule has 1 N–H and O–H groups in total. The number of benzene rings is 1. The van der Waals surface area contributed by atoms with Crippen molar-refractivity contribution in [3.8, 4) is 0 Å². The molecule has 1 fully saturated rings. The van der Waals surface area contributed by atoms with Gasteiger partial charge >= 0.3 is 0 Å². The van der Waals surface area contributed by atoms with Crippen LogP contribution in [0.15, 0.2) is 36.7 Å². The maximum absolute atomic E-state index is 12.7. The van der Waals surface area contributed by atoms with E-state index >= 15 is 0 Å². The number of carbonyl (C=O) groups is 2. The van der Waals surface area contributed by atoms with Gasteiger partial charge in [0.15, 0.2) is 0 Å². The highest BCUT2D eigenvalue weighted by Gasteiger charge is 2.22. The molecule has 0 atom stereocenters. The summed E-state index contributed by atoms with van der Waals surface area (Å²) in [7, 11) is 0. The van der Waals surface area contributed by atoms with Gasteiger partial charge in [-0.3, -0.25) is 14.5 Å². The van der Waals surface area contributed by atoms with Crippen LogP contribution in [0.2, 0.25) is 0 Å². The first kappa shape index (κ1) is 19.1. The van der Waals surface area contributed by atoms with Gasteiger partial charge in [0.2, 0.25) is 5.91 Å². The van der Waals surface area contributed by atoms with E-state index in [-0.39, 0.29) is 11.8 Å². The maximum Gasteiger partial charge on any atom is 0.253 e. The van der Waals surface area contributed by atoms with Crippen LogP contribution in [0.1, 0.15) is 30.0 Å². The van der Waals surface area contributed by atoms with Crippen LogP contribution in [0.25, 0.3) is 0 Å². The Morgan fingerprint density at radius 2 is 1.78 bits per heavy atom. The second kappa shape index (κ2) is 8.81. The number of anilines is 1. The highest BCUT2D eigenvalue weighted by atomic mass is 16.2. The zero-order valence-electron chi connectivity index (χ0n) is 16.0. The molecule has 1 aromatic heterocycles. The van der Waals surface area contributed by atoms with E-state index in [1.54, 1.807) is 24.3 Å². The SMILES string of the molecule is CCc1nccn1CCN1CCN(C(=O)c2ccc(NC(C)=O)cc2)CC1. The summed E-state index contributed by atoms with van der Waals surface area (Å²) in [6.07, 6.45) is 4.83. The molecule has 2 heterocycles. The average Bonchev–Trinajstić information content (AvgIpc) is 3.14. The van der Waals surface area contributed by atoms with Crippen LogP contribution in [0.4, 0.5) is 5.69 Å². The van der Waals surface area contributed by atoms with Crippen molar-refractivity contribution in [2.45, 2.75) is 26.8 Å². The second-order valence-corrected chi connectivity index (χ2v) is 6.78. The van der Waals surface area contributed by atoms with Crippen LogP contribution in [-0.2, 0) is 17.8 Å². The zero-order chi connectivity index (χ0) is 19.2. The van der Waals surface area contributed by atoms with Crippen LogP contribution in [0.3, 0.4) is 0 Å². The Hall–Kier alpha value is -2.67. The van der Waals surface area contributed by atoms with Gasteiger partial charge in [-0.2, -0.15) is 0 Å². The minimum atomic E-state index is -0.119. The molecule has 0 bridgehead atoms. The summed E-state index contributed by atoms with van der Waals surface area (Å²) in [6.45, 7) is 8.71. The first-order chi connectivity index (χ1) is 13.1. The lowest BCUT2D eigenvalue weighted by molar-refractivity contribution is -0.114. The van der Waals surface area contributed by atoms with E-state index in [0.717, 1.165) is 51.5 Å². The van der Waals surface area contributed by atoms with Crippen molar-refractivity contribution in [3.05, 3.63) is 48.0 Å². The molecule has 1 aromatic carbocycles. The molecule has 0 radical (unpaired) electrons. The third-order valence-corrected chi connectivity index (χ3v) is 4.89. The van der Waals surface area contributed by atoms with Crippen LogP contribution in [0.5, 0.6) is 0 Å². The molecule has 27 heavy (non-hydrogen) atoms. The molecule has 144 valence electrons. The fourth-order valence-electron chi connectivity index (χ4n) is 3.36. The van der Waals surface area contributed by atoms with E-state index in [1.165, 1.54) is 6.92 Å². The highest BCUT2D eigenvalue weighted by Crippen LogP contribution is 2.13. The molecule has 0 saturated carbocycles. The van der Waals surface area contributed by atoms with Crippen LogP contribution in [-0.4, -0.2) is 63.9 Å². The molecule has 2 aromatic rings. The number of rotatable bonds is 6. The van der Waals surface area contributed by atoms with Gasteiger partial charge in [-0.15, -0.1) is 0 Å². The number of hydrogen-bond donors (Lipinski definition) is 1. The van der Waals surface area contributed by atoms with Gasteiger partial charge in [-0.25, -0.2) is 4.98 Å². The fourth-order valence-corrected chi connectivity index (χ4v) is 3.36. The van der Waals surface area contributed by atoms with Crippen LogP contribution in [0, 0.1) is 0 Å². The third-order valence-electron chi connectivity index (χ3n) is 4.89. The van der Waals surface area contributed by atoms with Gasteiger partial charge in [-0.05, 0) is 24.3 Å². The number of aromatic nitrogens is 2. The Bertz CT molecular complexity index is 776. The molecule has 0 spiro atoms. The Morgan fingerprint density at radius 3 is 2.41 bits per heavy atom. The van der Waals surface area contributed by atoms with Gasteiger partial charge in [-0.1, -0.05) is 6.92 Å². The molecule has 0 unspecified atom stereocenters. The van der Waals surface area contributed by atoms with Crippen molar-refractivity contribution in [1.82, 2.24) is 19.4 Å². The number of nitrogens with zero attached hydrogens (tertiary/aromatic N) is 4. The number of nitrogens with one attached hydrogen (secondary N) is 1. The Kier molecular flexibility index (Phi) is 6.24. The molecule has 7 heteroatoms. The smallest absolute Gasteiger partial charge is 0.253 e. The predicted octanol–water partition coefficient (Wildman–Crippen LogP) is 1.86. The summed E-state index contributed by atoms with van der Waals surface area (Å²) in [4.78, 5) is 32.4. The van der Waals surface area contributed by atoms with Crippen LogP contribution >= 0.6 is 0 Å². The van der Waals surface area contributed by atoms with E-state index < -0.39 is 0 Å². The highest BCUT2D eigenvalue weighted by molar-refractivity contribution is 5.95. The van der Waals surface area contributed by atoms with Crippen molar-refractivity contribution >= 4 is 17.5 Å². The third kappa shape index (κ3) is 4.95. The van der Waals surface area contributed by atoms with Crippen molar-refractivity contribution in [1.29, 1.82) is 0 Å². The van der Waals surface area contributed by atoms with Gasteiger partial charge < -0.3 is 14.8 Å². The largest absolute Gasteiger partial charge is 0.336 e. The number of aryl methyl sites for hydroxylation is 1. The van der Waals surface area contributed by atoms with Gasteiger partial charge in [0.1, 0.15) is 5.82 Å². The summed E-state index contributed by atoms with van der Waals surface area (Å²) in [5, 5.41) is 2.71. The molecule has 1 aliphatic rings. The fraction of sp³-hybridized carbons (Fsp3) is 0.450. The Morgan fingerprint density at radius 1 is 1.07 bits per heavy atom. The van der Waals surface area contributed by atoms with Crippen molar-refractivity contribution in [3.63, 3.8) is 0 Å². The lowest BCUT2D eigenvalue weighted by Gasteiger charge is -2.35. The van der Waals surface area contributed by atoms with E-state index in [2.05, 4.69) is 26.7 Å². The molecule has 2 amide bonds. The molecule has 1 aliphatic heterocycles. The minimum Gasteiger partial charge on any atom is -0.336 e. The number of imidazole rings is 1. The number of hydrogen-bond acceptors (Lipinski definition) is 4. The summed E-state index contributed by atoms with van der Waals surface area (Å²) in [6, 6.07) is 7.07. The van der Waals surface area contributed by atoms with Crippen molar-refractivity contribution < 1.29 is 9.59 Å². The summed E-state index contributed by atoms with van der Waals surface area (Å²) < 4.78 is 2.20. The topological polar surface area (TPSA) is 70.5 Å². The molecule has 0 aliphatic carbocycles. The van der Waals surface area contributed by atoms with Gasteiger partial charge in [0, 0.05) is 76.3 Å². The molecular formula is C20H27N5O2. The number of piperazine rings is 1. The van der Waals surface area contributed by atoms with Crippen molar-refractivity contribution in [2.75, 3.05) is 38.0 Å². The average molecular weight is 369 g/mol. The lowest BCUT2D eigenvalue weighted by Crippen LogP contribution is -2.49. The van der Waals surface area contributed by atoms with E-state index in [4.69, 9.17) is 0 Å².